The van der Waals surface area contributed by atoms with Crippen molar-refractivity contribution >= 4 is 12.0 Å². The minimum absolute atomic E-state index is 0.345. The van der Waals surface area contributed by atoms with E-state index in [1.807, 2.05) is 0 Å². The summed E-state index contributed by atoms with van der Waals surface area (Å²) in [7, 11) is 3.23. The number of carboxylic acids is 1. The van der Waals surface area contributed by atoms with Crippen LogP contribution in [-0.2, 0) is 11.8 Å². The molecule has 8 nitrogen and oxygen atoms in total. The minimum atomic E-state index is -1.02. The van der Waals surface area contributed by atoms with Crippen molar-refractivity contribution in [2.75, 3.05) is 7.05 Å². The summed E-state index contributed by atoms with van der Waals surface area (Å²) in [6, 6.07) is -1.65. The van der Waals surface area contributed by atoms with Crippen molar-refractivity contribution in [3.63, 3.8) is 0 Å². The van der Waals surface area contributed by atoms with Gasteiger partial charge in [0.15, 0.2) is 5.82 Å². The quantitative estimate of drug-likeness (QED) is 0.805. The summed E-state index contributed by atoms with van der Waals surface area (Å²) in [5.74, 6) is -0.420. The number of rotatable bonds is 5. The molecule has 1 rings (SSSR count). The van der Waals surface area contributed by atoms with Crippen molar-refractivity contribution in [1.29, 1.82) is 0 Å². The van der Waals surface area contributed by atoms with E-state index in [1.165, 1.54) is 18.3 Å². The molecule has 0 fully saturated rings. The number of likely N-dealkylation sites (N-methyl/N-ethyl adjacent to an activating group) is 1. The lowest BCUT2D eigenvalue weighted by atomic mass is 10.2. The lowest BCUT2D eigenvalue weighted by Gasteiger charge is -2.25. The highest BCUT2D eigenvalue weighted by Crippen LogP contribution is 2.09. The number of hydrogen-bond donors (Lipinski definition) is 2. The zero-order valence-corrected chi connectivity index (χ0v) is 11.5. The van der Waals surface area contributed by atoms with Gasteiger partial charge in [0.1, 0.15) is 12.4 Å². The smallest absolute Gasteiger partial charge is 0.326 e. The Labute approximate surface area is 111 Å². The van der Waals surface area contributed by atoms with Gasteiger partial charge in [-0.05, 0) is 13.3 Å². The number of urea groups is 1. The Morgan fingerprint density at radius 2 is 2.21 bits per heavy atom. The molecule has 0 saturated carbocycles. The van der Waals surface area contributed by atoms with E-state index in [2.05, 4.69) is 15.5 Å². The van der Waals surface area contributed by atoms with E-state index in [0.29, 0.717) is 12.2 Å². The molecular formula is C11H19N5O3. The molecule has 0 aliphatic carbocycles. The Hall–Kier alpha value is -2.12. The van der Waals surface area contributed by atoms with Crippen molar-refractivity contribution in [3.8, 4) is 0 Å². The van der Waals surface area contributed by atoms with Crippen molar-refractivity contribution < 1.29 is 14.7 Å². The fourth-order valence-electron chi connectivity index (χ4n) is 1.79. The van der Waals surface area contributed by atoms with E-state index in [1.54, 1.807) is 25.5 Å². The first-order chi connectivity index (χ1) is 8.88. The Bertz CT molecular complexity index is 459. The standard InChI is InChI=1S/C11H19N5O3/c1-5-8(10(17)18)16(4)11(19)13-7(2)9-14-12-6-15(9)3/h6-8H,5H2,1-4H3,(H,13,19)(H,17,18). The van der Waals surface area contributed by atoms with Crippen LogP contribution in [0.4, 0.5) is 4.79 Å². The summed E-state index contributed by atoms with van der Waals surface area (Å²) in [4.78, 5) is 24.1. The first-order valence-corrected chi connectivity index (χ1v) is 5.98. The molecule has 2 N–H and O–H groups in total. The highest BCUT2D eigenvalue weighted by Gasteiger charge is 2.26. The number of amides is 2. The fraction of sp³-hybridized carbons (Fsp3) is 0.636. The monoisotopic (exact) mass is 269 g/mol. The van der Waals surface area contributed by atoms with Gasteiger partial charge >= 0.3 is 12.0 Å². The summed E-state index contributed by atoms with van der Waals surface area (Å²) >= 11 is 0. The van der Waals surface area contributed by atoms with Crippen LogP contribution >= 0.6 is 0 Å². The predicted octanol–water partition coefficient (Wildman–Crippen LogP) is 0.381. The zero-order chi connectivity index (χ0) is 14.6. The number of hydrogen-bond acceptors (Lipinski definition) is 4. The Balaban J connectivity index is 2.69. The molecular weight excluding hydrogens is 250 g/mol. The summed E-state index contributed by atoms with van der Waals surface area (Å²) in [6.45, 7) is 3.48. The predicted molar refractivity (Wildman–Crippen MR) is 67.4 cm³/mol. The molecule has 0 bridgehead atoms. The molecule has 0 spiro atoms. The summed E-state index contributed by atoms with van der Waals surface area (Å²) in [5, 5.41) is 19.3. The Kier molecular flexibility index (Phi) is 4.85. The van der Waals surface area contributed by atoms with Crippen LogP contribution in [0.25, 0.3) is 0 Å². The number of carboxylic acid groups (broad SMARTS) is 1. The molecule has 0 aliphatic heterocycles. The summed E-state index contributed by atoms with van der Waals surface area (Å²) in [6.07, 6.45) is 1.88. The zero-order valence-electron chi connectivity index (χ0n) is 11.5. The van der Waals surface area contributed by atoms with E-state index in [-0.39, 0.29) is 6.04 Å². The maximum Gasteiger partial charge on any atom is 0.326 e. The third kappa shape index (κ3) is 3.43. The van der Waals surface area contributed by atoms with Crippen LogP contribution in [0.1, 0.15) is 32.1 Å². The van der Waals surface area contributed by atoms with E-state index < -0.39 is 18.0 Å². The molecule has 0 aromatic carbocycles. The van der Waals surface area contributed by atoms with Gasteiger partial charge in [-0.2, -0.15) is 0 Å². The third-order valence-electron chi connectivity index (χ3n) is 2.93. The summed E-state index contributed by atoms with van der Waals surface area (Å²) < 4.78 is 1.69. The second kappa shape index (κ2) is 6.17. The van der Waals surface area contributed by atoms with Gasteiger partial charge in [0.2, 0.25) is 0 Å². The summed E-state index contributed by atoms with van der Waals surface area (Å²) in [5.41, 5.74) is 0. The van der Waals surface area contributed by atoms with E-state index in [4.69, 9.17) is 5.11 Å². The molecule has 1 aromatic heterocycles. The van der Waals surface area contributed by atoms with Gasteiger partial charge in [0.05, 0.1) is 6.04 Å². The Morgan fingerprint density at radius 3 is 2.63 bits per heavy atom. The molecule has 1 aromatic rings. The van der Waals surface area contributed by atoms with Gasteiger partial charge in [-0.15, -0.1) is 10.2 Å². The van der Waals surface area contributed by atoms with Crippen LogP contribution in [0.15, 0.2) is 6.33 Å². The second-order valence-electron chi connectivity index (χ2n) is 4.34. The molecule has 1 heterocycles. The number of aliphatic carboxylic acids is 1. The average molecular weight is 269 g/mol. The highest BCUT2D eigenvalue weighted by atomic mass is 16.4. The second-order valence-corrected chi connectivity index (χ2v) is 4.34. The normalized spacial score (nSPS) is 13.7. The largest absolute Gasteiger partial charge is 0.480 e. The van der Waals surface area contributed by atoms with Crippen molar-refractivity contribution in [2.24, 2.45) is 7.05 Å². The van der Waals surface area contributed by atoms with Crippen LogP contribution in [0.5, 0.6) is 0 Å². The molecule has 0 aliphatic rings. The van der Waals surface area contributed by atoms with Crippen LogP contribution in [-0.4, -0.2) is 49.9 Å². The first-order valence-electron chi connectivity index (χ1n) is 5.98. The van der Waals surface area contributed by atoms with Gasteiger partial charge < -0.3 is 19.9 Å². The van der Waals surface area contributed by atoms with Gasteiger partial charge in [0, 0.05) is 14.1 Å². The van der Waals surface area contributed by atoms with Crippen LogP contribution < -0.4 is 5.32 Å². The first kappa shape index (κ1) is 14.9. The maximum absolute atomic E-state index is 12.0. The fourth-order valence-corrected chi connectivity index (χ4v) is 1.79. The highest BCUT2D eigenvalue weighted by molar-refractivity contribution is 5.82. The van der Waals surface area contributed by atoms with Gasteiger partial charge in [-0.1, -0.05) is 6.92 Å². The molecule has 2 unspecified atom stereocenters. The molecule has 8 heteroatoms. The molecule has 2 amide bonds. The molecule has 19 heavy (non-hydrogen) atoms. The number of aryl methyl sites for hydroxylation is 1. The van der Waals surface area contributed by atoms with Crippen LogP contribution in [0.3, 0.4) is 0 Å². The molecule has 0 radical (unpaired) electrons. The van der Waals surface area contributed by atoms with E-state index >= 15 is 0 Å². The average Bonchev–Trinajstić information content (AvgIpc) is 2.75. The van der Waals surface area contributed by atoms with Gasteiger partial charge in [0.25, 0.3) is 0 Å². The molecule has 0 saturated heterocycles. The number of carbonyl (C=O) groups excluding carboxylic acids is 1. The minimum Gasteiger partial charge on any atom is -0.480 e. The topological polar surface area (TPSA) is 100 Å². The van der Waals surface area contributed by atoms with Crippen molar-refractivity contribution in [3.05, 3.63) is 12.2 Å². The van der Waals surface area contributed by atoms with E-state index in [0.717, 1.165) is 0 Å². The van der Waals surface area contributed by atoms with Gasteiger partial charge in [-0.3, -0.25) is 0 Å². The number of nitrogens with zero attached hydrogens (tertiary/aromatic N) is 4. The lowest BCUT2D eigenvalue weighted by Crippen LogP contribution is -2.47. The third-order valence-corrected chi connectivity index (χ3v) is 2.93. The van der Waals surface area contributed by atoms with Crippen molar-refractivity contribution in [2.45, 2.75) is 32.4 Å². The molecule has 2 atom stereocenters. The van der Waals surface area contributed by atoms with E-state index in [9.17, 15) is 9.59 Å². The maximum atomic E-state index is 12.0. The van der Waals surface area contributed by atoms with Crippen LogP contribution in [0.2, 0.25) is 0 Å². The number of nitrogens with one attached hydrogen (secondary N) is 1. The van der Waals surface area contributed by atoms with Crippen LogP contribution in [0, 0.1) is 0 Å². The molecule has 106 valence electrons. The lowest BCUT2D eigenvalue weighted by molar-refractivity contribution is -0.141. The Morgan fingerprint density at radius 1 is 1.58 bits per heavy atom. The number of carbonyl (C=O) groups is 2. The van der Waals surface area contributed by atoms with Gasteiger partial charge in [-0.25, -0.2) is 9.59 Å². The van der Waals surface area contributed by atoms with Crippen molar-refractivity contribution in [1.82, 2.24) is 25.0 Å². The SMILES string of the molecule is CCC(C(=O)O)N(C)C(=O)NC(C)c1nncn1C. The number of aromatic nitrogens is 3.